The third-order valence-corrected chi connectivity index (χ3v) is 3.96. The summed E-state index contributed by atoms with van der Waals surface area (Å²) in [7, 11) is 2.12. The number of fused-ring (bicyclic) bond motifs is 1. The summed E-state index contributed by atoms with van der Waals surface area (Å²) < 4.78 is 2.24. The third kappa shape index (κ3) is 6.45. The predicted molar refractivity (Wildman–Crippen MR) is 122 cm³/mol. The Bertz CT molecular complexity index is 874. The zero-order chi connectivity index (χ0) is 20.1. The van der Waals surface area contributed by atoms with E-state index in [1.807, 2.05) is 52.0 Å². The lowest BCUT2D eigenvalue weighted by Gasteiger charge is -2.03. The fourth-order valence-electron chi connectivity index (χ4n) is 2.71. The van der Waals surface area contributed by atoms with Gasteiger partial charge in [0.05, 0.1) is 0 Å². The van der Waals surface area contributed by atoms with Gasteiger partial charge in [-0.3, -0.25) is 0 Å². The third-order valence-electron chi connectivity index (χ3n) is 3.96. The van der Waals surface area contributed by atoms with Crippen LogP contribution in [-0.2, 0) is 7.05 Å². The van der Waals surface area contributed by atoms with Crippen LogP contribution in [0.4, 0.5) is 0 Å². The van der Waals surface area contributed by atoms with Crippen LogP contribution in [0.2, 0.25) is 0 Å². The average molecular weight is 360 g/mol. The molecule has 0 N–H and O–H groups in total. The zero-order valence-electron chi connectivity index (χ0n) is 17.6. The van der Waals surface area contributed by atoms with Crippen molar-refractivity contribution < 1.29 is 0 Å². The molecule has 142 valence electrons. The van der Waals surface area contributed by atoms with Crippen LogP contribution in [0, 0.1) is 6.92 Å². The Morgan fingerprint density at radius 3 is 1.56 bits per heavy atom. The highest BCUT2D eigenvalue weighted by molar-refractivity contribution is 5.86. The fourth-order valence-corrected chi connectivity index (χ4v) is 2.71. The van der Waals surface area contributed by atoms with E-state index in [0.717, 1.165) is 0 Å². The highest BCUT2D eigenvalue weighted by atomic mass is 14.9. The molecule has 1 nitrogen and oxygen atoms in total. The summed E-state index contributed by atoms with van der Waals surface area (Å²) in [5.41, 5.74) is 5.13. The maximum Gasteiger partial charge on any atom is 0.0488 e. The van der Waals surface area contributed by atoms with Crippen LogP contribution in [0.5, 0.6) is 0 Å². The van der Waals surface area contributed by atoms with Crippen molar-refractivity contribution in [3.8, 4) is 11.3 Å². The summed E-state index contributed by atoms with van der Waals surface area (Å²) in [6.07, 6.45) is 0. The van der Waals surface area contributed by atoms with Gasteiger partial charge in [-0.05, 0) is 24.6 Å². The van der Waals surface area contributed by atoms with Crippen molar-refractivity contribution >= 4 is 10.9 Å². The number of aryl methyl sites for hydroxylation is 2. The lowest BCUT2D eigenvalue weighted by atomic mass is 10.1. The monoisotopic (exact) mass is 359 g/mol. The topological polar surface area (TPSA) is 4.93 Å². The Balaban J connectivity index is 0.000000279. The van der Waals surface area contributed by atoms with E-state index < -0.39 is 0 Å². The molecular formula is C26H33N. The Hall–Kier alpha value is -2.80. The van der Waals surface area contributed by atoms with Crippen molar-refractivity contribution in [3.63, 3.8) is 0 Å². The summed E-state index contributed by atoms with van der Waals surface area (Å²) in [4.78, 5) is 0. The number of aromatic nitrogens is 1. The highest BCUT2D eigenvalue weighted by Gasteiger charge is 2.05. The van der Waals surface area contributed by atoms with Crippen molar-refractivity contribution in [2.24, 2.45) is 7.05 Å². The lowest BCUT2D eigenvalue weighted by Crippen LogP contribution is -1.90. The average Bonchev–Trinajstić information content (AvgIpc) is 3.10. The number of hydrogen-bond donors (Lipinski definition) is 0. The Morgan fingerprint density at radius 1 is 0.593 bits per heavy atom. The molecule has 0 radical (unpaired) electrons. The van der Waals surface area contributed by atoms with Crippen molar-refractivity contribution in [3.05, 3.63) is 96.6 Å². The Morgan fingerprint density at radius 2 is 1.07 bits per heavy atom. The van der Waals surface area contributed by atoms with Gasteiger partial charge in [-0.2, -0.15) is 0 Å². The molecule has 1 heterocycles. The molecule has 1 aromatic heterocycles. The van der Waals surface area contributed by atoms with Crippen molar-refractivity contribution in [1.29, 1.82) is 0 Å². The molecule has 0 atom stereocenters. The normalized spacial score (nSPS) is 9.11. The van der Waals surface area contributed by atoms with Gasteiger partial charge in [0.15, 0.2) is 0 Å². The van der Waals surface area contributed by atoms with Gasteiger partial charge < -0.3 is 4.57 Å². The maximum absolute atomic E-state index is 2.24. The minimum atomic E-state index is 1.27. The van der Waals surface area contributed by atoms with Gasteiger partial charge in [0.2, 0.25) is 0 Å². The molecule has 0 amide bonds. The van der Waals surface area contributed by atoms with Crippen LogP contribution in [-0.4, -0.2) is 4.57 Å². The minimum Gasteiger partial charge on any atom is -0.344 e. The van der Waals surface area contributed by atoms with Crippen LogP contribution >= 0.6 is 0 Å². The smallest absolute Gasteiger partial charge is 0.0488 e. The predicted octanol–water partition coefficient (Wildman–Crippen LogP) is 7.89. The first-order chi connectivity index (χ1) is 13.3. The number of para-hydroxylation sites is 1. The minimum absolute atomic E-state index is 1.27. The Labute approximate surface area is 165 Å². The van der Waals surface area contributed by atoms with E-state index in [0.29, 0.717) is 0 Å². The van der Waals surface area contributed by atoms with E-state index >= 15 is 0 Å². The largest absolute Gasteiger partial charge is 0.344 e. The van der Waals surface area contributed by atoms with Gasteiger partial charge in [-0.1, -0.05) is 112 Å². The van der Waals surface area contributed by atoms with Crippen molar-refractivity contribution in [1.82, 2.24) is 4.57 Å². The zero-order valence-corrected chi connectivity index (χ0v) is 17.6. The number of benzene rings is 3. The molecule has 4 rings (SSSR count). The van der Waals surface area contributed by atoms with Gasteiger partial charge in [0.1, 0.15) is 0 Å². The van der Waals surface area contributed by atoms with Gasteiger partial charge in [0.25, 0.3) is 0 Å². The van der Waals surface area contributed by atoms with Crippen LogP contribution < -0.4 is 0 Å². The van der Waals surface area contributed by atoms with E-state index in [9.17, 15) is 0 Å². The summed E-state index contributed by atoms with van der Waals surface area (Å²) >= 11 is 0. The lowest BCUT2D eigenvalue weighted by molar-refractivity contribution is 0.978. The SMILES string of the molecule is CC.CC.Cc1ccccc1.Cn1c(-c2ccccc2)cc2ccccc21. The Kier molecular flexibility index (Phi) is 10.3. The van der Waals surface area contributed by atoms with E-state index in [1.54, 1.807) is 0 Å². The molecule has 0 aliphatic heterocycles. The van der Waals surface area contributed by atoms with Gasteiger partial charge in [0, 0.05) is 23.6 Å². The molecule has 0 aliphatic rings. The molecule has 0 aliphatic carbocycles. The van der Waals surface area contributed by atoms with E-state index in [1.165, 1.54) is 27.7 Å². The first kappa shape index (κ1) is 22.2. The highest BCUT2D eigenvalue weighted by Crippen LogP contribution is 2.26. The summed E-state index contributed by atoms with van der Waals surface area (Å²) in [6.45, 7) is 10.1. The molecule has 27 heavy (non-hydrogen) atoms. The molecule has 1 heteroatoms. The first-order valence-electron chi connectivity index (χ1n) is 9.87. The maximum atomic E-state index is 2.24. The molecule has 0 bridgehead atoms. The molecule has 0 saturated heterocycles. The standard InChI is InChI=1S/C15H13N.C7H8.2C2H6/c1-16-14-10-6-5-9-13(14)11-15(16)12-7-3-2-4-8-12;1-7-5-3-2-4-6-7;2*1-2/h2-11H,1H3;2-6H,1H3;2*1-2H3. The van der Waals surface area contributed by atoms with E-state index in [2.05, 4.69) is 85.3 Å². The van der Waals surface area contributed by atoms with Crippen LogP contribution in [0.25, 0.3) is 22.2 Å². The second kappa shape index (κ2) is 12.5. The molecule has 0 fully saturated rings. The summed E-state index contributed by atoms with van der Waals surface area (Å²) in [5, 5.41) is 1.30. The molecule has 0 spiro atoms. The quantitative estimate of drug-likeness (QED) is 0.325. The van der Waals surface area contributed by atoms with Gasteiger partial charge >= 0.3 is 0 Å². The van der Waals surface area contributed by atoms with Crippen molar-refractivity contribution in [2.75, 3.05) is 0 Å². The molecule has 3 aromatic carbocycles. The molecule has 0 saturated carbocycles. The summed E-state index contributed by atoms with van der Waals surface area (Å²) in [6, 6.07) is 31.5. The number of rotatable bonds is 1. The van der Waals surface area contributed by atoms with Crippen LogP contribution in [0.1, 0.15) is 33.3 Å². The van der Waals surface area contributed by atoms with E-state index in [4.69, 9.17) is 0 Å². The van der Waals surface area contributed by atoms with Gasteiger partial charge in [-0.25, -0.2) is 0 Å². The second-order valence-corrected chi connectivity index (χ2v) is 5.67. The van der Waals surface area contributed by atoms with E-state index in [-0.39, 0.29) is 0 Å². The first-order valence-corrected chi connectivity index (χ1v) is 9.87. The number of nitrogens with zero attached hydrogens (tertiary/aromatic N) is 1. The molecule has 4 aromatic rings. The van der Waals surface area contributed by atoms with Crippen LogP contribution in [0.15, 0.2) is 91.0 Å². The molecule has 0 unspecified atom stereocenters. The number of hydrogen-bond acceptors (Lipinski definition) is 0. The molecular weight excluding hydrogens is 326 g/mol. The van der Waals surface area contributed by atoms with Crippen LogP contribution in [0.3, 0.4) is 0 Å². The summed E-state index contributed by atoms with van der Waals surface area (Å²) in [5.74, 6) is 0. The van der Waals surface area contributed by atoms with Crippen molar-refractivity contribution in [2.45, 2.75) is 34.6 Å². The van der Waals surface area contributed by atoms with Gasteiger partial charge in [-0.15, -0.1) is 0 Å². The fraction of sp³-hybridized carbons (Fsp3) is 0.231. The second-order valence-electron chi connectivity index (χ2n) is 5.67.